The maximum atomic E-state index is 7.78. The van der Waals surface area contributed by atoms with Crippen molar-refractivity contribution in [3.05, 3.63) is 40.6 Å². The van der Waals surface area contributed by atoms with E-state index in [1.807, 2.05) is 35.9 Å². The number of thioether (sulfide) groups is 1. The van der Waals surface area contributed by atoms with E-state index in [0.29, 0.717) is 0 Å². The second kappa shape index (κ2) is 6.74. The van der Waals surface area contributed by atoms with E-state index in [1.165, 1.54) is 11.3 Å². The highest BCUT2D eigenvalue weighted by Gasteiger charge is 2.17. The number of benzene rings is 1. The van der Waals surface area contributed by atoms with Crippen molar-refractivity contribution in [2.45, 2.75) is 4.21 Å². The average Bonchev–Trinajstić information content (AvgIpc) is 3.21. The molecule has 0 saturated heterocycles. The molecule has 3 aromatic rings. The van der Waals surface area contributed by atoms with Crippen molar-refractivity contribution in [2.24, 2.45) is 5.73 Å². The summed E-state index contributed by atoms with van der Waals surface area (Å²) in [6.07, 6.45) is 2.02. The Balaban J connectivity index is 2.06. The van der Waals surface area contributed by atoms with Gasteiger partial charge in [0.25, 0.3) is 0 Å². The second-order valence-corrected chi connectivity index (χ2v) is 7.68. The molecule has 0 aliphatic carbocycles. The Morgan fingerprint density at radius 1 is 1.30 bits per heavy atom. The first-order chi connectivity index (χ1) is 11.1. The Hall–Kier alpha value is -1.83. The highest BCUT2D eigenvalue weighted by molar-refractivity contribution is 8.00. The minimum atomic E-state index is 0.0827. The first-order valence-electron chi connectivity index (χ1n) is 6.75. The molecule has 0 atom stereocenters. The third-order valence-electron chi connectivity index (χ3n) is 3.27. The summed E-state index contributed by atoms with van der Waals surface area (Å²) in [5, 5.41) is 10.7. The van der Waals surface area contributed by atoms with Crippen molar-refractivity contribution in [1.29, 1.82) is 5.41 Å². The van der Waals surface area contributed by atoms with Gasteiger partial charge in [-0.1, -0.05) is 12.1 Å². The number of hydrogen-bond acceptors (Lipinski definition) is 6. The molecule has 0 saturated carbocycles. The number of nitrogens with zero attached hydrogens (tertiary/aromatic N) is 1. The normalized spacial score (nSPS) is 10.7. The fourth-order valence-corrected chi connectivity index (χ4v) is 4.68. The lowest BCUT2D eigenvalue weighted by Crippen LogP contribution is -2.09. The number of methoxy groups -OCH3 is 1. The Labute approximate surface area is 146 Å². The van der Waals surface area contributed by atoms with E-state index in [9.17, 15) is 0 Å². The molecule has 1 aromatic carbocycles. The first-order valence-corrected chi connectivity index (χ1v) is 9.67. The molecule has 0 bridgehead atoms. The predicted molar refractivity (Wildman–Crippen MR) is 100 cm³/mol. The highest BCUT2D eigenvalue weighted by atomic mass is 32.2. The average molecular weight is 362 g/mol. The summed E-state index contributed by atoms with van der Waals surface area (Å²) in [6, 6.07) is 9.87. The zero-order valence-electron chi connectivity index (χ0n) is 12.6. The number of hydrogen-bond donors (Lipinski definition) is 2. The molecule has 0 unspecified atom stereocenters. The van der Waals surface area contributed by atoms with Crippen LogP contribution in [0.4, 0.5) is 0 Å². The number of nitrogens with one attached hydrogen (secondary N) is 1. The molecular formula is C16H15N3OS3. The van der Waals surface area contributed by atoms with Gasteiger partial charge < -0.3 is 10.5 Å². The summed E-state index contributed by atoms with van der Waals surface area (Å²) in [4.78, 5) is 5.51. The maximum Gasteiger partial charge on any atom is 0.133 e. The largest absolute Gasteiger partial charge is 0.496 e. The summed E-state index contributed by atoms with van der Waals surface area (Å²) >= 11 is 4.73. The lowest BCUT2D eigenvalue weighted by atomic mass is 10.1. The number of rotatable bonds is 5. The standard InChI is InChI=1S/C16H15N3OS3/c1-20-12-6-4-3-5-9(12)11-8-22-16(19-11)10-7-13(21-2)23-14(10)15(17)18/h3-8H,1-2H3,(H3,17,18). The van der Waals surface area contributed by atoms with Crippen molar-refractivity contribution >= 4 is 40.3 Å². The second-order valence-electron chi connectivity index (χ2n) is 4.66. The summed E-state index contributed by atoms with van der Waals surface area (Å²) < 4.78 is 6.53. The fourth-order valence-electron chi connectivity index (χ4n) is 2.21. The SMILES string of the molecule is COc1ccccc1-c1csc(-c2cc(SC)sc2C(=N)N)n1. The quantitative estimate of drug-likeness (QED) is 0.397. The monoisotopic (exact) mass is 361 g/mol. The Morgan fingerprint density at radius 3 is 2.78 bits per heavy atom. The number of thiophene rings is 1. The van der Waals surface area contributed by atoms with Gasteiger partial charge in [-0.2, -0.15) is 0 Å². The molecule has 0 aliphatic rings. The number of aromatic nitrogens is 1. The molecule has 3 rings (SSSR count). The molecule has 0 amide bonds. The van der Waals surface area contributed by atoms with Gasteiger partial charge in [0.2, 0.25) is 0 Å². The van der Waals surface area contributed by atoms with Gasteiger partial charge in [0.05, 0.1) is 21.9 Å². The number of para-hydroxylation sites is 1. The molecule has 118 valence electrons. The number of amidine groups is 1. The third-order valence-corrected chi connectivity index (χ3v) is 6.38. The Morgan fingerprint density at radius 2 is 2.09 bits per heavy atom. The van der Waals surface area contributed by atoms with Crippen LogP contribution in [0.2, 0.25) is 0 Å². The van der Waals surface area contributed by atoms with Crippen LogP contribution in [0.25, 0.3) is 21.8 Å². The van der Waals surface area contributed by atoms with Gasteiger partial charge in [-0.25, -0.2) is 4.98 Å². The molecule has 0 radical (unpaired) electrons. The van der Waals surface area contributed by atoms with Crippen LogP contribution in [0.5, 0.6) is 5.75 Å². The minimum Gasteiger partial charge on any atom is -0.496 e. The van der Waals surface area contributed by atoms with Gasteiger partial charge in [-0.15, -0.1) is 34.4 Å². The van der Waals surface area contributed by atoms with Crippen LogP contribution in [0.15, 0.2) is 39.9 Å². The van der Waals surface area contributed by atoms with E-state index in [-0.39, 0.29) is 5.84 Å². The van der Waals surface area contributed by atoms with Crippen LogP contribution in [0, 0.1) is 5.41 Å². The Kier molecular flexibility index (Phi) is 4.70. The van der Waals surface area contributed by atoms with Gasteiger partial charge in [0.1, 0.15) is 16.6 Å². The molecular weight excluding hydrogens is 346 g/mol. The topological polar surface area (TPSA) is 72.0 Å². The highest BCUT2D eigenvalue weighted by Crippen LogP contribution is 2.39. The molecule has 2 heterocycles. The van der Waals surface area contributed by atoms with Crippen LogP contribution in [-0.2, 0) is 0 Å². The molecule has 4 nitrogen and oxygen atoms in total. The van der Waals surface area contributed by atoms with E-state index in [1.54, 1.807) is 30.2 Å². The Bertz CT molecular complexity index is 854. The van der Waals surface area contributed by atoms with Crippen molar-refractivity contribution in [1.82, 2.24) is 4.98 Å². The van der Waals surface area contributed by atoms with Gasteiger partial charge in [0, 0.05) is 16.5 Å². The number of ether oxygens (including phenoxy) is 1. The number of nitrogens with two attached hydrogens (primary N) is 1. The van der Waals surface area contributed by atoms with E-state index in [4.69, 9.17) is 20.9 Å². The molecule has 2 aromatic heterocycles. The van der Waals surface area contributed by atoms with Gasteiger partial charge in [-0.3, -0.25) is 5.41 Å². The van der Waals surface area contributed by atoms with Gasteiger partial charge in [0.15, 0.2) is 0 Å². The van der Waals surface area contributed by atoms with Crippen LogP contribution >= 0.6 is 34.4 Å². The van der Waals surface area contributed by atoms with Gasteiger partial charge in [-0.05, 0) is 24.5 Å². The van der Waals surface area contributed by atoms with Crippen LogP contribution in [-0.4, -0.2) is 24.2 Å². The lowest BCUT2D eigenvalue weighted by Gasteiger charge is -2.04. The molecule has 0 fully saturated rings. The lowest BCUT2D eigenvalue weighted by molar-refractivity contribution is 0.416. The molecule has 0 spiro atoms. The smallest absolute Gasteiger partial charge is 0.133 e. The van der Waals surface area contributed by atoms with Crippen LogP contribution < -0.4 is 10.5 Å². The number of thiazole rings is 1. The minimum absolute atomic E-state index is 0.0827. The van der Waals surface area contributed by atoms with E-state index in [0.717, 1.165) is 36.7 Å². The van der Waals surface area contributed by atoms with Crippen molar-refractivity contribution < 1.29 is 4.74 Å². The summed E-state index contributed by atoms with van der Waals surface area (Å²) in [5.74, 6) is 0.880. The maximum absolute atomic E-state index is 7.78. The van der Waals surface area contributed by atoms with Crippen molar-refractivity contribution in [3.8, 4) is 27.6 Å². The van der Waals surface area contributed by atoms with Crippen LogP contribution in [0.1, 0.15) is 4.88 Å². The van der Waals surface area contributed by atoms with E-state index in [2.05, 4.69) is 6.07 Å². The molecule has 7 heteroatoms. The molecule has 3 N–H and O–H groups in total. The fraction of sp³-hybridized carbons (Fsp3) is 0.125. The summed E-state index contributed by atoms with van der Waals surface area (Å²) in [5.41, 5.74) is 8.48. The third kappa shape index (κ3) is 3.12. The number of nitrogen functional groups attached to an aromatic ring is 1. The van der Waals surface area contributed by atoms with Crippen molar-refractivity contribution in [3.63, 3.8) is 0 Å². The first kappa shape index (κ1) is 16.0. The molecule has 0 aliphatic heterocycles. The van der Waals surface area contributed by atoms with E-state index < -0.39 is 0 Å². The van der Waals surface area contributed by atoms with Crippen molar-refractivity contribution in [2.75, 3.05) is 13.4 Å². The zero-order valence-corrected chi connectivity index (χ0v) is 15.1. The predicted octanol–water partition coefficient (Wildman–Crippen LogP) is 4.55. The van der Waals surface area contributed by atoms with Gasteiger partial charge >= 0.3 is 0 Å². The zero-order chi connectivity index (χ0) is 16.4. The summed E-state index contributed by atoms with van der Waals surface area (Å²) in [7, 11) is 1.66. The van der Waals surface area contributed by atoms with E-state index >= 15 is 0 Å². The summed E-state index contributed by atoms with van der Waals surface area (Å²) in [6.45, 7) is 0. The molecule has 23 heavy (non-hydrogen) atoms. The van der Waals surface area contributed by atoms with Crippen LogP contribution in [0.3, 0.4) is 0 Å².